The van der Waals surface area contributed by atoms with Crippen molar-refractivity contribution < 1.29 is 9.84 Å². The molecule has 0 aromatic heterocycles. The summed E-state index contributed by atoms with van der Waals surface area (Å²) in [5.41, 5.74) is 1.07. The number of terminal acetylenes is 1. The zero-order valence-electron chi connectivity index (χ0n) is 11.2. The molecule has 1 aromatic carbocycles. The van der Waals surface area contributed by atoms with Gasteiger partial charge in [-0.15, -0.1) is 6.42 Å². The standard InChI is InChI=1S/C16H19NO2/c1-3-12-4-6-13(7-5-12)16(18)8-14-10-19-11-15(9-16)17(14)2/h1,4-7,14-15,18H,8-11H2,2H3. The van der Waals surface area contributed by atoms with Crippen LogP contribution in [0, 0.1) is 12.3 Å². The fourth-order valence-electron chi connectivity index (χ4n) is 3.25. The first kappa shape index (κ1) is 12.7. The van der Waals surface area contributed by atoms with Gasteiger partial charge in [-0.05, 0) is 37.6 Å². The number of likely N-dealkylation sites (N-methyl/N-ethyl adjacent to an activating group) is 1. The van der Waals surface area contributed by atoms with Crippen LogP contribution in [0.15, 0.2) is 24.3 Å². The SMILES string of the molecule is C#Cc1ccc(C2(O)CC3COCC(C2)N3C)cc1. The van der Waals surface area contributed by atoms with E-state index in [2.05, 4.69) is 17.9 Å². The van der Waals surface area contributed by atoms with Crippen LogP contribution in [0.25, 0.3) is 0 Å². The summed E-state index contributed by atoms with van der Waals surface area (Å²) < 4.78 is 5.59. The van der Waals surface area contributed by atoms with Crippen molar-refractivity contribution in [2.45, 2.75) is 30.5 Å². The largest absolute Gasteiger partial charge is 0.385 e. The van der Waals surface area contributed by atoms with E-state index in [0.717, 1.165) is 24.0 Å². The minimum absolute atomic E-state index is 0.296. The lowest BCUT2D eigenvalue weighted by Gasteiger charge is -2.50. The summed E-state index contributed by atoms with van der Waals surface area (Å²) in [7, 11) is 2.12. The monoisotopic (exact) mass is 257 g/mol. The molecule has 2 aliphatic rings. The Morgan fingerprint density at radius 3 is 2.37 bits per heavy atom. The normalized spacial score (nSPS) is 34.8. The fraction of sp³-hybridized carbons (Fsp3) is 0.500. The maximum atomic E-state index is 11.0. The van der Waals surface area contributed by atoms with Crippen LogP contribution in [0.5, 0.6) is 0 Å². The molecule has 19 heavy (non-hydrogen) atoms. The van der Waals surface area contributed by atoms with Crippen molar-refractivity contribution in [3.8, 4) is 12.3 Å². The summed E-state index contributed by atoms with van der Waals surface area (Å²) in [6.07, 6.45) is 6.80. The van der Waals surface area contributed by atoms with Crippen LogP contribution < -0.4 is 0 Å². The first-order chi connectivity index (χ1) is 9.12. The Bertz CT molecular complexity index is 488. The van der Waals surface area contributed by atoms with Crippen LogP contribution in [-0.2, 0) is 10.3 Å². The third-order valence-electron chi connectivity index (χ3n) is 4.51. The Hall–Kier alpha value is -1.34. The number of benzene rings is 1. The van der Waals surface area contributed by atoms with Crippen molar-refractivity contribution >= 4 is 0 Å². The van der Waals surface area contributed by atoms with Crippen LogP contribution >= 0.6 is 0 Å². The molecule has 2 aliphatic heterocycles. The van der Waals surface area contributed by atoms with Gasteiger partial charge in [-0.1, -0.05) is 18.1 Å². The highest BCUT2D eigenvalue weighted by molar-refractivity contribution is 5.36. The minimum atomic E-state index is -0.751. The van der Waals surface area contributed by atoms with Gasteiger partial charge in [-0.2, -0.15) is 0 Å². The molecule has 1 N–H and O–H groups in total. The van der Waals surface area contributed by atoms with Gasteiger partial charge in [0.15, 0.2) is 0 Å². The second-order valence-corrected chi connectivity index (χ2v) is 5.67. The predicted octanol–water partition coefficient (Wildman–Crippen LogP) is 1.35. The van der Waals surface area contributed by atoms with Gasteiger partial charge in [0.25, 0.3) is 0 Å². The van der Waals surface area contributed by atoms with Gasteiger partial charge < -0.3 is 9.84 Å². The van der Waals surface area contributed by atoms with E-state index >= 15 is 0 Å². The van der Waals surface area contributed by atoms with Gasteiger partial charge in [0.2, 0.25) is 0 Å². The van der Waals surface area contributed by atoms with Crippen LogP contribution in [0.1, 0.15) is 24.0 Å². The lowest BCUT2D eigenvalue weighted by Crippen LogP contribution is -2.59. The first-order valence-corrected chi connectivity index (χ1v) is 6.71. The van der Waals surface area contributed by atoms with Gasteiger partial charge in [0, 0.05) is 17.6 Å². The Balaban J connectivity index is 1.88. The second kappa shape index (κ2) is 4.64. The molecular weight excluding hydrogens is 238 g/mol. The molecule has 0 radical (unpaired) electrons. The molecule has 2 fully saturated rings. The highest BCUT2D eigenvalue weighted by Crippen LogP contribution is 2.40. The molecule has 100 valence electrons. The number of hydrogen-bond acceptors (Lipinski definition) is 3. The molecule has 3 heteroatoms. The predicted molar refractivity (Wildman–Crippen MR) is 73.7 cm³/mol. The van der Waals surface area contributed by atoms with E-state index < -0.39 is 5.60 Å². The molecule has 0 saturated carbocycles. The third-order valence-corrected chi connectivity index (χ3v) is 4.51. The van der Waals surface area contributed by atoms with E-state index in [0.29, 0.717) is 25.3 Å². The average molecular weight is 257 g/mol. The van der Waals surface area contributed by atoms with Crippen LogP contribution in [-0.4, -0.2) is 42.4 Å². The molecule has 3 nitrogen and oxygen atoms in total. The van der Waals surface area contributed by atoms with Crippen molar-refractivity contribution in [3.05, 3.63) is 35.4 Å². The van der Waals surface area contributed by atoms with Crippen molar-refractivity contribution in [1.29, 1.82) is 0 Å². The number of aliphatic hydroxyl groups is 1. The molecule has 1 aromatic rings. The van der Waals surface area contributed by atoms with Crippen molar-refractivity contribution in [2.75, 3.05) is 20.3 Å². The smallest absolute Gasteiger partial charge is 0.0928 e. The quantitative estimate of drug-likeness (QED) is 0.771. The highest BCUT2D eigenvalue weighted by Gasteiger charge is 2.45. The van der Waals surface area contributed by atoms with Gasteiger partial charge >= 0.3 is 0 Å². The molecule has 2 heterocycles. The summed E-state index contributed by atoms with van der Waals surface area (Å²) >= 11 is 0. The molecule has 2 unspecified atom stereocenters. The van der Waals surface area contributed by atoms with Crippen molar-refractivity contribution in [3.63, 3.8) is 0 Å². The number of nitrogens with zero attached hydrogens (tertiary/aromatic N) is 1. The maximum absolute atomic E-state index is 11.0. The van der Waals surface area contributed by atoms with E-state index in [4.69, 9.17) is 11.2 Å². The van der Waals surface area contributed by atoms with Crippen LogP contribution in [0.3, 0.4) is 0 Å². The Morgan fingerprint density at radius 2 is 1.84 bits per heavy atom. The molecule has 3 rings (SSSR count). The number of morpholine rings is 1. The molecule has 0 spiro atoms. The van der Waals surface area contributed by atoms with Crippen LogP contribution in [0.2, 0.25) is 0 Å². The molecule has 2 saturated heterocycles. The molecule has 2 atom stereocenters. The van der Waals surface area contributed by atoms with Crippen molar-refractivity contribution in [2.24, 2.45) is 0 Å². The average Bonchev–Trinajstić information content (AvgIpc) is 2.41. The minimum Gasteiger partial charge on any atom is -0.385 e. The lowest BCUT2D eigenvalue weighted by molar-refractivity contribution is -0.137. The Kier molecular flexibility index (Phi) is 3.10. The van der Waals surface area contributed by atoms with Crippen molar-refractivity contribution in [1.82, 2.24) is 4.90 Å². The molecular formula is C16H19NO2. The van der Waals surface area contributed by atoms with E-state index in [-0.39, 0.29) is 0 Å². The summed E-state index contributed by atoms with van der Waals surface area (Å²) in [6, 6.07) is 8.30. The summed E-state index contributed by atoms with van der Waals surface area (Å²) in [5.74, 6) is 2.61. The molecule has 0 amide bonds. The summed E-state index contributed by atoms with van der Waals surface area (Å²) in [5, 5.41) is 11.0. The number of piperidine rings is 1. The van der Waals surface area contributed by atoms with Gasteiger partial charge in [0.1, 0.15) is 0 Å². The number of rotatable bonds is 1. The summed E-state index contributed by atoms with van der Waals surface area (Å²) in [6.45, 7) is 1.41. The van der Waals surface area contributed by atoms with Gasteiger partial charge in [-0.3, -0.25) is 4.90 Å². The van der Waals surface area contributed by atoms with Crippen LogP contribution in [0.4, 0.5) is 0 Å². The lowest BCUT2D eigenvalue weighted by atomic mass is 9.77. The molecule has 0 aliphatic carbocycles. The van der Waals surface area contributed by atoms with E-state index in [1.165, 1.54) is 0 Å². The number of fused-ring (bicyclic) bond motifs is 2. The second-order valence-electron chi connectivity index (χ2n) is 5.67. The zero-order valence-corrected chi connectivity index (χ0v) is 11.2. The number of hydrogen-bond donors (Lipinski definition) is 1. The third kappa shape index (κ3) is 2.17. The van der Waals surface area contributed by atoms with Gasteiger partial charge in [-0.25, -0.2) is 0 Å². The maximum Gasteiger partial charge on any atom is 0.0928 e. The van der Waals surface area contributed by atoms with E-state index in [9.17, 15) is 5.11 Å². The zero-order chi connectivity index (χ0) is 13.5. The Morgan fingerprint density at radius 1 is 1.26 bits per heavy atom. The summed E-state index contributed by atoms with van der Waals surface area (Å²) in [4.78, 5) is 2.34. The highest BCUT2D eigenvalue weighted by atomic mass is 16.5. The molecule has 2 bridgehead atoms. The van der Waals surface area contributed by atoms with E-state index in [1.807, 2.05) is 24.3 Å². The first-order valence-electron chi connectivity index (χ1n) is 6.71. The topological polar surface area (TPSA) is 32.7 Å². The Labute approximate surface area is 114 Å². The number of ether oxygens (including phenoxy) is 1. The van der Waals surface area contributed by atoms with Gasteiger partial charge in [0.05, 0.1) is 18.8 Å². The van der Waals surface area contributed by atoms with E-state index in [1.54, 1.807) is 0 Å². The fourth-order valence-corrected chi connectivity index (χ4v) is 3.25.